The lowest BCUT2D eigenvalue weighted by Crippen LogP contribution is -2.50. The smallest absolute Gasteiger partial charge is 0.411 e. The number of amides is 3. The minimum Gasteiger partial charge on any atom is -0.497 e. The molecule has 9 heteroatoms. The Hall–Kier alpha value is -3.75. The molecule has 3 N–H and O–H groups in total. The first kappa shape index (κ1) is 28.5. The average molecular weight is 500 g/mol. The quantitative estimate of drug-likeness (QED) is 0.438. The van der Waals surface area contributed by atoms with E-state index in [0.717, 1.165) is 11.1 Å². The number of nitrogens with two attached hydrogens (primary N) is 1. The van der Waals surface area contributed by atoms with Gasteiger partial charge in [0.05, 0.1) is 13.2 Å². The molecule has 0 fully saturated rings. The van der Waals surface area contributed by atoms with Gasteiger partial charge in [-0.25, -0.2) is 9.59 Å². The maximum atomic E-state index is 13.2. The van der Waals surface area contributed by atoms with Crippen LogP contribution in [0.15, 0.2) is 54.6 Å². The average Bonchev–Trinajstić information content (AvgIpc) is 2.83. The summed E-state index contributed by atoms with van der Waals surface area (Å²) < 4.78 is 16.0. The fourth-order valence-corrected chi connectivity index (χ4v) is 3.59. The molecular formula is C27H37N3O6. The number of hydrogen-bond donors (Lipinski definition) is 2. The predicted molar refractivity (Wildman–Crippen MR) is 136 cm³/mol. The van der Waals surface area contributed by atoms with Gasteiger partial charge in [-0.1, -0.05) is 42.5 Å². The summed E-state index contributed by atoms with van der Waals surface area (Å²) >= 11 is 0. The molecule has 0 aromatic heterocycles. The van der Waals surface area contributed by atoms with Crippen molar-refractivity contribution in [1.29, 1.82) is 0 Å². The van der Waals surface area contributed by atoms with E-state index < -0.39 is 35.8 Å². The molecule has 2 rings (SSSR count). The zero-order chi connectivity index (χ0) is 26.7. The Morgan fingerprint density at radius 1 is 1.03 bits per heavy atom. The standard InChI is InChI=1S/C27H37N3O6/c1-19(21-13-15-22(34-5)16-14-21)30(26(33)36-27(2,3)4)23(24(28)31)12-9-17-29-25(32)35-18-20-10-7-6-8-11-20/h6-8,10-11,13-16,19,23H,9,12,17-18H2,1-5H3,(H2,28,31)(H,29,32)/t19-,23+/m0/s1. The molecule has 0 saturated heterocycles. The Morgan fingerprint density at radius 3 is 2.22 bits per heavy atom. The van der Waals surface area contributed by atoms with Gasteiger partial charge >= 0.3 is 12.2 Å². The van der Waals surface area contributed by atoms with E-state index in [1.165, 1.54) is 4.90 Å². The number of nitrogens with one attached hydrogen (secondary N) is 1. The molecule has 0 spiro atoms. The summed E-state index contributed by atoms with van der Waals surface area (Å²) in [5.74, 6) is 0.0133. The summed E-state index contributed by atoms with van der Waals surface area (Å²) in [5.41, 5.74) is 6.64. The monoisotopic (exact) mass is 499 g/mol. The van der Waals surface area contributed by atoms with Crippen LogP contribution in [0.5, 0.6) is 5.75 Å². The number of benzene rings is 2. The molecule has 0 aliphatic carbocycles. The second-order valence-electron chi connectivity index (χ2n) is 9.39. The Bertz CT molecular complexity index is 989. The first-order valence-electron chi connectivity index (χ1n) is 11.9. The second kappa shape index (κ2) is 13.4. The van der Waals surface area contributed by atoms with E-state index in [1.807, 2.05) is 42.5 Å². The Morgan fingerprint density at radius 2 is 1.67 bits per heavy atom. The van der Waals surface area contributed by atoms with E-state index >= 15 is 0 Å². The molecule has 9 nitrogen and oxygen atoms in total. The zero-order valence-corrected chi connectivity index (χ0v) is 21.7. The van der Waals surface area contributed by atoms with E-state index in [9.17, 15) is 14.4 Å². The molecule has 2 atom stereocenters. The number of carbonyl (C=O) groups is 3. The third-order valence-electron chi connectivity index (χ3n) is 5.42. The molecule has 0 aliphatic rings. The molecule has 0 aliphatic heterocycles. The van der Waals surface area contributed by atoms with Crippen LogP contribution in [-0.4, -0.2) is 48.3 Å². The molecule has 0 bridgehead atoms. The molecule has 196 valence electrons. The van der Waals surface area contributed by atoms with E-state index in [-0.39, 0.29) is 19.6 Å². The van der Waals surface area contributed by atoms with Crippen LogP contribution in [0.25, 0.3) is 0 Å². The molecule has 3 amide bonds. The minimum absolute atomic E-state index is 0.155. The third kappa shape index (κ3) is 9.13. The van der Waals surface area contributed by atoms with E-state index in [1.54, 1.807) is 46.9 Å². The summed E-state index contributed by atoms with van der Waals surface area (Å²) in [5, 5.41) is 2.67. The van der Waals surface area contributed by atoms with Gasteiger partial charge in [0.1, 0.15) is 24.0 Å². The highest BCUT2D eigenvalue weighted by molar-refractivity contribution is 5.84. The topological polar surface area (TPSA) is 120 Å². The molecular weight excluding hydrogens is 462 g/mol. The highest BCUT2D eigenvalue weighted by atomic mass is 16.6. The maximum Gasteiger partial charge on any atom is 0.411 e. The normalized spacial score (nSPS) is 12.7. The largest absolute Gasteiger partial charge is 0.497 e. The van der Waals surface area contributed by atoms with E-state index in [4.69, 9.17) is 19.9 Å². The molecule has 36 heavy (non-hydrogen) atoms. The summed E-state index contributed by atoms with van der Waals surface area (Å²) in [6.45, 7) is 7.47. The summed E-state index contributed by atoms with van der Waals surface area (Å²) in [6.07, 6.45) is -0.591. The number of hydrogen-bond acceptors (Lipinski definition) is 6. The fraction of sp³-hybridized carbons (Fsp3) is 0.444. The van der Waals surface area contributed by atoms with E-state index in [2.05, 4.69) is 5.32 Å². The molecule has 0 unspecified atom stereocenters. The Balaban J connectivity index is 2.06. The number of carbonyl (C=O) groups excluding carboxylic acids is 3. The molecule has 2 aromatic rings. The predicted octanol–water partition coefficient (Wildman–Crippen LogP) is 4.55. The van der Waals surface area contributed by atoms with Crippen LogP contribution in [-0.2, 0) is 20.9 Å². The number of methoxy groups -OCH3 is 1. The van der Waals surface area contributed by atoms with Crippen LogP contribution in [0, 0.1) is 0 Å². The third-order valence-corrected chi connectivity index (χ3v) is 5.42. The van der Waals surface area contributed by atoms with Crippen molar-refractivity contribution in [2.45, 2.75) is 64.8 Å². The minimum atomic E-state index is -0.945. The lowest BCUT2D eigenvalue weighted by molar-refractivity contribution is -0.124. The first-order valence-corrected chi connectivity index (χ1v) is 11.9. The van der Waals surface area contributed by atoms with Crippen LogP contribution in [0.3, 0.4) is 0 Å². The lowest BCUT2D eigenvalue weighted by Gasteiger charge is -2.36. The summed E-state index contributed by atoms with van der Waals surface area (Å²) in [6, 6.07) is 15.1. The number of rotatable bonds is 11. The van der Waals surface area contributed by atoms with Crippen LogP contribution < -0.4 is 15.8 Å². The Kier molecular flexibility index (Phi) is 10.6. The van der Waals surface area contributed by atoms with Crippen molar-refractivity contribution in [3.63, 3.8) is 0 Å². The van der Waals surface area contributed by atoms with Gasteiger partial charge in [0.2, 0.25) is 5.91 Å². The van der Waals surface area contributed by atoms with Gasteiger partial charge in [0.15, 0.2) is 0 Å². The Labute approximate surface area is 212 Å². The molecule has 2 aromatic carbocycles. The number of ether oxygens (including phenoxy) is 3. The summed E-state index contributed by atoms with van der Waals surface area (Å²) in [7, 11) is 1.57. The second-order valence-corrected chi connectivity index (χ2v) is 9.39. The van der Waals surface area contributed by atoms with Crippen molar-refractivity contribution in [3.05, 3.63) is 65.7 Å². The molecule has 0 heterocycles. The van der Waals surface area contributed by atoms with Gasteiger partial charge in [0, 0.05) is 6.54 Å². The SMILES string of the molecule is COc1ccc([C@H](C)N(C(=O)OC(C)(C)C)[C@H](CCCNC(=O)OCc2ccccc2)C(N)=O)cc1. The number of primary amides is 1. The van der Waals surface area contributed by atoms with Crippen molar-refractivity contribution >= 4 is 18.1 Å². The van der Waals surface area contributed by atoms with Crippen molar-refractivity contribution in [3.8, 4) is 5.75 Å². The molecule has 0 saturated carbocycles. The van der Waals surface area contributed by atoms with Gasteiger partial charge in [0.25, 0.3) is 0 Å². The van der Waals surface area contributed by atoms with Crippen molar-refractivity contribution in [2.24, 2.45) is 5.73 Å². The van der Waals surface area contributed by atoms with Gasteiger partial charge in [-0.05, 0) is 63.8 Å². The maximum absolute atomic E-state index is 13.2. The van der Waals surface area contributed by atoms with Crippen LogP contribution in [0.1, 0.15) is 57.7 Å². The number of nitrogens with zero attached hydrogens (tertiary/aromatic N) is 1. The van der Waals surface area contributed by atoms with Crippen molar-refractivity contribution < 1.29 is 28.6 Å². The number of alkyl carbamates (subject to hydrolysis) is 1. The van der Waals surface area contributed by atoms with Gasteiger partial charge in [-0.2, -0.15) is 0 Å². The van der Waals surface area contributed by atoms with Crippen LogP contribution in [0.4, 0.5) is 9.59 Å². The van der Waals surface area contributed by atoms with Crippen LogP contribution >= 0.6 is 0 Å². The van der Waals surface area contributed by atoms with Gasteiger partial charge < -0.3 is 25.3 Å². The first-order chi connectivity index (χ1) is 17.0. The lowest BCUT2D eigenvalue weighted by atomic mass is 10.0. The zero-order valence-electron chi connectivity index (χ0n) is 21.7. The van der Waals surface area contributed by atoms with Gasteiger partial charge in [-0.15, -0.1) is 0 Å². The highest BCUT2D eigenvalue weighted by Crippen LogP contribution is 2.28. The van der Waals surface area contributed by atoms with Crippen molar-refractivity contribution in [1.82, 2.24) is 10.2 Å². The molecule has 0 radical (unpaired) electrons. The summed E-state index contributed by atoms with van der Waals surface area (Å²) in [4.78, 5) is 39.0. The van der Waals surface area contributed by atoms with Crippen molar-refractivity contribution in [2.75, 3.05) is 13.7 Å². The van der Waals surface area contributed by atoms with Gasteiger partial charge in [-0.3, -0.25) is 9.69 Å². The van der Waals surface area contributed by atoms with E-state index in [0.29, 0.717) is 12.2 Å². The fourth-order valence-electron chi connectivity index (χ4n) is 3.59. The van der Waals surface area contributed by atoms with Crippen LogP contribution in [0.2, 0.25) is 0 Å². The highest BCUT2D eigenvalue weighted by Gasteiger charge is 2.35.